The molecule has 0 bridgehead atoms. The van der Waals surface area contributed by atoms with Gasteiger partial charge >= 0.3 is 6.09 Å². The monoisotopic (exact) mass is 258 g/mol. The van der Waals surface area contributed by atoms with Crippen molar-refractivity contribution in [3.8, 4) is 6.07 Å². The summed E-state index contributed by atoms with van der Waals surface area (Å²) in [7, 11) is 0. The largest absolute Gasteiger partial charge is 0.449 e. The molecule has 4 heteroatoms. The molecule has 1 amide bonds. The number of carbonyl (C=O) groups excluding carboxylic acids is 1. The first-order valence-corrected chi connectivity index (χ1v) is 6.68. The molecule has 1 aromatic carbocycles. The van der Waals surface area contributed by atoms with Crippen LogP contribution in [-0.2, 0) is 17.7 Å². The molecule has 0 spiro atoms. The SMILES string of the molecule is CCCCOC(=O)N1CCc2c(C#N)cccc2C1. The van der Waals surface area contributed by atoms with E-state index >= 15 is 0 Å². The van der Waals surface area contributed by atoms with Gasteiger partial charge in [0.05, 0.1) is 18.2 Å². The lowest BCUT2D eigenvalue weighted by Gasteiger charge is -2.28. The molecule has 0 saturated heterocycles. The van der Waals surface area contributed by atoms with Crippen LogP contribution in [0.25, 0.3) is 0 Å². The minimum atomic E-state index is -0.249. The van der Waals surface area contributed by atoms with Crippen LogP contribution in [0.1, 0.15) is 36.5 Å². The van der Waals surface area contributed by atoms with E-state index in [0.717, 1.165) is 36.0 Å². The Kier molecular flexibility index (Phi) is 4.40. The van der Waals surface area contributed by atoms with E-state index < -0.39 is 0 Å². The highest BCUT2D eigenvalue weighted by molar-refractivity contribution is 5.68. The van der Waals surface area contributed by atoms with Gasteiger partial charge in [0.15, 0.2) is 0 Å². The number of ether oxygens (including phenoxy) is 1. The molecular weight excluding hydrogens is 240 g/mol. The number of rotatable bonds is 3. The Morgan fingerprint density at radius 3 is 3.11 bits per heavy atom. The summed E-state index contributed by atoms with van der Waals surface area (Å²) in [5, 5.41) is 9.06. The number of benzene rings is 1. The fourth-order valence-electron chi connectivity index (χ4n) is 2.27. The van der Waals surface area contributed by atoms with Gasteiger partial charge in [-0.3, -0.25) is 0 Å². The van der Waals surface area contributed by atoms with E-state index in [1.165, 1.54) is 0 Å². The summed E-state index contributed by atoms with van der Waals surface area (Å²) >= 11 is 0. The maximum atomic E-state index is 11.9. The summed E-state index contributed by atoms with van der Waals surface area (Å²) in [6.45, 7) is 3.71. The van der Waals surface area contributed by atoms with Gasteiger partial charge < -0.3 is 9.64 Å². The molecular formula is C15H18N2O2. The third-order valence-corrected chi connectivity index (χ3v) is 3.37. The van der Waals surface area contributed by atoms with E-state index in [9.17, 15) is 4.79 Å². The quantitative estimate of drug-likeness (QED) is 0.783. The zero-order valence-corrected chi connectivity index (χ0v) is 11.2. The fourth-order valence-corrected chi connectivity index (χ4v) is 2.27. The van der Waals surface area contributed by atoms with Gasteiger partial charge in [-0.05, 0) is 30.0 Å². The van der Waals surface area contributed by atoms with Crippen molar-refractivity contribution in [1.82, 2.24) is 4.90 Å². The molecule has 0 fully saturated rings. The molecule has 0 atom stereocenters. The Labute approximate surface area is 113 Å². The lowest BCUT2D eigenvalue weighted by atomic mass is 9.95. The third-order valence-electron chi connectivity index (χ3n) is 3.37. The van der Waals surface area contributed by atoms with Crippen LogP contribution in [0.2, 0.25) is 0 Å². The Balaban J connectivity index is 2.02. The van der Waals surface area contributed by atoms with Crippen LogP contribution in [-0.4, -0.2) is 24.1 Å². The van der Waals surface area contributed by atoms with E-state index in [1.54, 1.807) is 4.90 Å². The number of hydrogen-bond acceptors (Lipinski definition) is 3. The number of nitriles is 1. The van der Waals surface area contributed by atoms with Gasteiger partial charge in [-0.1, -0.05) is 25.5 Å². The molecule has 0 aromatic heterocycles. The number of amides is 1. The Hall–Kier alpha value is -2.02. The first-order chi connectivity index (χ1) is 9.26. The fraction of sp³-hybridized carbons (Fsp3) is 0.467. The summed E-state index contributed by atoms with van der Waals surface area (Å²) < 4.78 is 5.22. The number of hydrogen-bond donors (Lipinski definition) is 0. The zero-order valence-electron chi connectivity index (χ0n) is 11.2. The average molecular weight is 258 g/mol. The molecule has 19 heavy (non-hydrogen) atoms. The number of fused-ring (bicyclic) bond motifs is 1. The van der Waals surface area contributed by atoms with E-state index in [-0.39, 0.29) is 6.09 Å². The maximum absolute atomic E-state index is 11.9. The third kappa shape index (κ3) is 3.05. The number of nitrogens with zero attached hydrogens (tertiary/aromatic N) is 2. The summed E-state index contributed by atoms with van der Waals surface area (Å²) in [4.78, 5) is 13.6. The van der Waals surface area contributed by atoms with Gasteiger partial charge in [-0.15, -0.1) is 0 Å². The molecule has 1 aliphatic heterocycles. The zero-order chi connectivity index (χ0) is 13.7. The molecule has 4 nitrogen and oxygen atoms in total. The van der Waals surface area contributed by atoms with Crippen LogP contribution in [0.3, 0.4) is 0 Å². The molecule has 0 unspecified atom stereocenters. The minimum absolute atomic E-state index is 0.249. The van der Waals surface area contributed by atoms with Gasteiger partial charge in [0, 0.05) is 13.1 Å². The van der Waals surface area contributed by atoms with Gasteiger partial charge in [-0.25, -0.2) is 4.79 Å². The first kappa shape index (κ1) is 13.4. The van der Waals surface area contributed by atoms with Gasteiger partial charge in [0.2, 0.25) is 0 Å². The van der Waals surface area contributed by atoms with E-state index in [0.29, 0.717) is 19.7 Å². The van der Waals surface area contributed by atoms with Crippen molar-refractivity contribution in [1.29, 1.82) is 5.26 Å². The van der Waals surface area contributed by atoms with E-state index in [1.807, 2.05) is 18.2 Å². The summed E-state index contributed by atoms with van der Waals surface area (Å²) in [5.74, 6) is 0. The molecule has 0 aliphatic carbocycles. The second-order valence-electron chi connectivity index (χ2n) is 4.69. The van der Waals surface area contributed by atoms with Crippen molar-refractivity contribution in [3.63, 3.8) is 0 Å². The topological polar surface area (TPSA) is 53.3 Å². The summed E-state index contributed by atoms with van der Waals surface area (Å²) in [6, 6.07) is 7.87. The smallest absolute Gasteiger partial charge is 0.410 e. The van der Waals surface area contributed by atoms with Gasteiger partial charge in [0.25, 0.3) is 0 Å². The summed E-state index contributed by atoms with van der Waals surface area (Å²) in [6.07, 6.45) is 2.39. The van der Waals surface area contributed by atoms with Crippen LogP contribution >= 0.6 is 0 Å². The van der Waals surface area contributed by atoms with Crippen LogP contribution in [0.15, 0.2) is 18.2 Å². The second kappa shape index (κ2) is 6.24. The van der Waals surface area contributed by atoms with Crippen LogP contribution in [0.5, 0.6) is 0 Å². The molecule has 1 aliphatic rings. The Bertz CT molecular complexity index is 505. The minimum Gasteiger partial charge on any atom is -0.449 e. The molecule has 100 valence electrons. The van der Waals surface area contributed by atoms with Crippen molar-refractivity contribution in [2.45, 2.75) is 32.7 Å². The number of carbonyl (C=O) groups is 1. The lowest BCUT2D eigenvalue weighted by molar-refractivity contribution is 0.0966. The van der Waals surface area contributed by atoms with Crippen molar-refractivity contribution >= 4 is 6.09 Å². The molecule has 0 N–H and O–H groups in total. The van der Waals surface area contributed by atoms with Crippen LogP contribution in [0, 0.1) is 11.3 Å². The van der Waals surface area contributed by atoms with Gasteiger partial charge in [0.1, 0.15) is 0 Å². The van der Waals surface area contributed by atoms with E-state index in [4.69, 9.17) is 10.00 Å². The van der Waals surface area contributed by atoms with Gasteiger partial charge in [-0.2, -0.15) is 5.26 Å². The molecule has 0 radical (unpaired) electrons. The van der Waals surface area contributed by atoms with Crippen molar-refractivity contribution in [2.75, 3.05) is 13.2 Å². The number of unbranched alkanes of at least 4 members (excludes halogenated alkanes) is 1. The predicted molar refractivity (Wildman–Crippen MR) is 71.5 cm³/mol. The predicted octanol–water partition coefficient (Wildman–Crippen LogP) is 2.85. The van der Waals surface area contributed by atoms with Crippen molar-refractivity contribution in [2.24, 2.45) is 0 Å². The first-order valence-electron chi connectivity index (χ1n) is 6.68. The summed E-state index contributed by atoms with van der Waals surface area (Å²) in [5.41, 5.74) is 2.84. The standard InChI is InChI=1S/C15H18N2O2/c1-2-3-9-19-15(18)17-8-7-14-12(10-16)5-4-6-13(14)11-17/h4-6H,2-3,7-9,11H2,1H3. The normalized spacial score (nSPS) is 13.6. The van der Waals surface area contributed by atoms with Crippen LogP contribution in [0.4, 0.5) is 4.79 Å². The van der Waals surface area contributed by atoms with Crippen LogP contribution < -0.4 is 0 Å². The lowest BCUT2D eigenvalue weighted by Crippen LogP contribution is -2.36. The Morgan fingerprint density at radius 1 is 1.53 bits per heavy atom. The molecule has 2 rings (SSSR count). The highest BCUT2D eigenvalue weighted by Gasteiger charge is 2.23. The molecule has 1 aromatic rings. The Morgan fingerprint density at radius 2 is 2.37 bits per heavy atom. The van der Waals surface area contributed by atoms with E-state index in [2.05, 4.69) is 13.0 Å². The van der Waals surface area contributed by atoms with Crippen molar-refractivity contribution in [3.05, 3.63) is 34.9 Å². The molecule has 1 heterocycles. The highest BCUT2D eigenvalue weighted by atomic mass is 16.6. The second-order valence-corrected chi connectivity index (χ2v) is 4.69. The molecule has 0 saturated carbocycles. The highest BCUT2D eigenvalue weighted by Crippen LogP contribution is 2.22. The maximum Gasteiger partial charge on any atom is 0.410 e. The average Bonchev–Trinajstić information content (AvgIpc) is 2.46. The van der Waals surface area contributed by atoms with Crippen molar-refractivity contribution < 1.29 is 9.53 Å².